The highest BCUT2D eigenvalue weighted by molar-refractivity contribution is 6.31. The maximum absolute atomic E-state index is 15.3. The Kier molecular flexibility index (Phi) is 5.22. The van der Waals surface area contributed by atoms with Crippen LogP contribution in [0, 0.1) is 11.8 Å². The van der Waals surface area contributed by atoms with E-state index in [-0.39, 0.29) is 28.1 Å². The first kappa shape index (κ1) is 22.2. The van der Waals surface area contributed by atoms with Gasteiger partial charge < -0.3 is 9.55 Å². The first-order valence-corrected chi connectivity index (χ1v) is 11.4. The second-order valence-corrected chi connectivity index (χ2v) is 9.00. The molecule has 0 spiro atoms. The highest BCUT2D eigenvalue weighted by Crippen LogP contribution is 2.40. The zero-order valence-corrected chi connectivity index (χ0v) is 19.5. The summed E-state index contributed by atoms with van der Waals surface area (Å²) < 4.78 is 31.8. The van der Waals surface area contributed by atoms with Gasteiger partial charge in [-0.05, 0) is 52.6 Å². The quantitative estimate of drug-likeness (QED) is 0.364. The van der Waals surface area contributed by atoms with Gasteiger partial charge in [0.15, 0.2) is 5.82 Å². The van der Waals surface area contributed by atoms with Crippen molar-refractivity contribution in [2.75, 3.05) is 0 Å². The number of nitrogens with one attached hydrogen (secondary N) is 1. The van der Waals surface area contributed by atoms with Gasteiger partial charge in [-0.1, -0.05) is 18.5 Å². The van der Waals surface area contributed by atoms with E-state index >= 15 is 4.39 Å². The van der Waals surface area contributed by atoms with Gasteiger partial charge in [0.05, 0.1) is 28.6 Å². The SMILES string of the molecule is C[C@H]1C[C@@H](c2ncc(-c3ccnc(F)c3)[nH]2)n2c1cc(-c1c(-n3cnnn3)ccc(Cl)c1F)cc2=O. The molecular weight excluding hydrogens is 490 g/mol. The highest BCUT2D eigenvalue weighted by Gasteiger charge is 2.33. The van der Waals surface area contributed by atoms with E-state index in [1.807, 2.05) is 6.92 Å². The molecule has 0 fully saturated rings. The minimum Gasteiger partial charge on any atom is -0.340 e. The number of hydrogen-bond donors (Lipinski definition) is 1. The van der Waals surface area contributed by atoms with Crippen molar-refractivity contribution >= 4 is 11.6 Å². The smallest absolute Gasteiger partial charge is 0.252 e. The number of hydrogen-bond acceptors (Lipinski definition) is 6. The Hall–Kier alpha value is -4.25. The van der Waals surface area contributed by atoms with Crippen LogP contribution >= 0.6 is 11.6 Å². The third-order valence-electron chi connectivity index (χ3n) is 6.40. The number of aromatic amines is 1. The topological polar surface area (TPSA) is 107 Å². The largest absolute Gasteiger partial charge is 0.340 e. The summed E-state index contributed by atoms with van der Waals surface area (Å²) in [6.45, 7) is 1.99. The van der Waals surface area contributed by atoms with Crippen LogP contribution in [0.25, 0.3) is 28.1 Å². The van der Waals surface area contributed by atoms with E-state index in [1.165, 1.54) is 35.4 Å². The van der Waals surface area contributed by atoms with E-state index in [2.05, 4.69) is 30.5 Å². The molecule has 36 heavy (non-hydrogen) atoms. The minimum absolute atomic E-state index is 0.0201. The van der Waals surface area contributed by atoms with Crippen LogP contribution in [0.2, 0.25) is 5.02 Å². The molecule has 1 aliphatic heterocycles. The molecule has 9 nitrogen and oxygen atoms in total. The van der Waals surface area contributed by atoms with Gasteiger partial charge in [-0.25, -0.2) is 14.4 Å². The summed E-state index contributed by atoms with van der Waals surface area (Å²) in [6, 6.07) is 8.80. The third-order valence-corrected chi connectivity index (χ3v) is 6.69. The number of pyridine rings is 2. The predicted octanol–water partition coefficient (Wildman–Crippen LogP) is 4.30. The standard InChI is InChI=1S/C24H17ClF2N8O/c1-12-6-19(24-29-10-16(31-24)13-4-5-28-20(26)8-13)35-18(12)7-14(9-21(35)36)22-17(34-11-30-32-33-34)3-2-15(25)23(22)27/h2-5,7-12,19H,6H2,1H3,(H,29,31)/t12-,19-/m0/s1. The number of aromatic nitrogens is 8. The van der Waals surface area contributed by atoms with Gasteiger partial charge in [0.1, 0.15) is 12.2 Å². The predicted molar refractivity (Wildman–Crippen MR) is 127 cm³/mol. The molecule has 1 aliphatic rings. The second kappa shape index (κ2) is 8.45. The summed E-state index contributed by atoms with van der Waals surface area (Å²) in [6.07, 6.45) is 4.93. The molecule has 5 aromatic rings. The lowest BCUT2D eigenvalue weighted by Crippen LogP contribution is -2.24. The summed E-state index contributed by atoms with van der Waals surface area (Å²) in [7, 11) is 0. The molecule has 6 rings (SSSR count). The van der Waals surface area contributed by atoms with Gasteiger partial charge in [0.2, 0.25) is 5.95 Å². The summed E-state index contributed by atoms with van der Waals surface area (Å²) in [5.74, 6) is -0.711. The van der Waals surface area contributed by atoms with Crippen LogP contribution in [0.4, 0.5) is 8.78 Å². The van der Waals surface area contributed by atoms with E-state index in [1.54, 1.807) is 29.0 Å². The molecule has 0 saturated heterocycles. The molecule has 12 heteroatoms. The number of halogens is 3. The van der Waals surface area contributed by atoms with Crippen LogP contribution in [-0.4, -0.2) is 39.7 Å². The van der Waals surface area contributed by atoms with Crippen molar-refractivity contribution in [2.45, 2.75) is 25.3 Å². The molecule has 4 aromatic heterocycles. The van der Waals surface area contributed by atoms with Crippen LogP contribution in [-0.2, 0) is 0 Å². The molecule has 0 unspecified atom stereocenters. The fourth-order valence-corrected chi connectivity index (χ4v) is 4.91. The van der Waals surface area contributed by atoms with Crippen molar-refractivity contribution in [2.24, 2.45) is 0 Å². The molecule has 0 aliphatic carbocycles. The highest BCUT2D eigenvalue weighted by atomic mass is 35.5. The van der Waals surface area contributed by atoms with Crippen LogP contribution in [0.5, 0.6) is 0 Å². The van der Waals surface area contributed by atoms with E-state index in [0.717, 1.165) is 5.69 Å². The summed E-state index contributed by atoms with van der Waals surface area (Å²) in [4.78, 5) is 24.7. The Morgan fingerprint density at radius 2 is 1.97 bits per heavy atom. The number of benzene rings is 1. The molecule has 2 atom stereocenters. The van der Waals surface area contributed by atoms with Crippen molar-refractivity contribution < 1.29 is 8.78 Å². The van der Waals surface area contributed by atoms with Crippen molar-refractivity contribution in [1.29, 1.82) is 0 Å². The lowest BCUT2D eigenvalue weighted by atomic mass is 9.99. The first-order valence-electron chi connectivity index (χ1n) is 11.1. The molecular formula is C24H17ClF2N8O. The fourth-order valence-electron chi connectivity index (χ4n) is 4.75. The number of nitrogens with zero attached hydrogens (tertiary/aromatic N) is 7. The molecule has 0 saturated carbocycles. The average molecular weight is 507 g/mol. The summed E-state index contributed by atoms with van der Waals surface area (Å²) in [5.41, 5.74) is 2.49. The van der Waals surface area contributed by atoms with Gasteiger partial charge in [-0.2, -0.15) is 9.07 Å². The van der Waals surface area contributed by atoms with Crippen molar-refractivity contribution in [1.82, 2.24) is 39.7 Å². The Labute approximate surface area is 207 Å². The van der Waals surface area contributed by atoms with Gasteiger partial charge in [-0.3, -0.25) is 4.79 Å². The first-order chi connectivity index (χ1) is 17.4. The molecule has 0 amide bonds. The normalized spacial score (nSPS) is 16.9. The fraction of sp³-hybridized carbons (Fsp3) is 0.167. The summed E-state index contributed by atoms with van der Waals surface area (Å²) >= 11 is 6.09. The van der Waals surface area contributed by atoms with Crippen LogP contribution < -0.4 is 5.56 Å². The van der Waals surface area contributed by atoms with Crippen molar-refractivity contribution in [3.05, 3.63) is 93.8 Å². The number of imidazole rings is 1. The van der Waals surface area contributed by atoms with E-state index in [0.29, 0.717) is 34.8 Å². The lowest BCUT2D eigenvalue weighted by molar-refractivity contribution is 0.557. The number of H-pyrrole nitrogens is 1. The monoisotopic (exact) mass is 506 g/mol. The van der Waals surface area contributed by atoms with E-state index in [4.69, 9.17) is 11.6 Å². The number of rotatable bonds is 4. The van der Waals surface area contributed by atoms with Gasteiger partial charge >= 0.3 is 0 Å². The zero-order valence-electron chi connectivity index (χ0n) is 18.7. The zero-order chi connectivity index (χ0) is 25.0. The maximum Gasteiger partial charge on any atom is 0.252 e. The van der Waals surface area contributed by atoms with Gasteiger partial charge in [-0.15, -0.1) is 5.10 Å². The Morgan fingerprint density at radius 3 is 2.75 bits per heavy atom. The van der Waals surface area contributed by atoms with Crippen LogP contribution in [0.1, 0.15) is 36.8 Å². The Balaban J connectivity index is 1.45. The van der Waals surface area contributed by atoms with Crippen LogP contribution in [0.15, 0.2) is 59.9 Å². The molecule has 0 bridgehead atoms. The third kappa shape index (κ3) is 3.59. The molecule has 1 N–H and O–H groups in total. The second-order valence-electron chi connectivity index (χ2n) is 8.59. The molecule has 180 valence electrons. The molecule has 0 radical (unpaired) electrons. The molecule has 1 aromatic carbocycles. The summed E-state index contributed by atoms with van der Waals surface area (Å²) in [5, 5.41) is 11.0. The van der Waals surface area contributed by atoms with Gasteiger partial charge in [0, 0.05) is 35.2 Å². The van der Waals surface area contributed by atoms with Crippen molar-refractivity contribution in [3.8, 4) is 28.1 Å². The van der Waals surface area contributed by atoms with Crippen LogP contribution in [0.3, 0.4) is 0 Å². The minimum atomic E-state index is -0.670. The Bertz CT molecular complexity index is 1660. The number of fused-ring (bicyclic) bond motifs is 1. The van der Waals surface area contributed by atoms with Crippen molar-refractivity contribution in [3.63, 3.8) is 0 Å². The molecule has 5 heterocycles. The van der Waals surface area contributed by atoms with Gasteiger partial charge in [0.25, 0.3) is 5.56 Å². The maximum atomic E-state index is 15.3. The average Bonchev–Trinajstić information content (AvgIpc) is 3.61. The Morgan fingerprint density at radius 1 is 1.11 bits per heavy atom. The van der Waals surface area contributed by atoms with E-state index < -0.39 is 11.8 Å². The lowest BCUT2D eigenvalue weighted by Gasteiger charge is -2.16. The number of tetrazole rings is 1. The van der Waals surface area contributed by atoms with E-state index in [9.17, 15) is 9.18 Å².